The summed E-state index contributed by atoms with van der Waals surface area (Å²) in [5, 5.41) is 27.2. The molecule has 0 saturated heterocycles. The fourth-order valence-corrected chi connectivity index (χ4v) is 4.25. The summed E-state index contributed by atoms with van der Waals surface area (Å²) in [6.07, 6.45) is 9.73. The highest BCUT2D eigenvalue weighted by Gasteiger charge is 2.24. The minimum atomic E-state index is -0.276. The van der Waals surface area contributed by atoms with Gasteiger partial charge in [0.25, 0.3) is 0 Å². The maximum absolute atomic E-state index is 9.91. The molecule has 5 N–H and O–H groups in total. The van der Waals surface area contributed by atoms with Gasteiger partial charge in [0.15, 0.2) is 5.82 Å². The summed E-state index contributed by atoms with van der Waals surface area (Å²) in [7, 11) is 0. The Morgan fingerprint density at radius 1 is 1.18 bits per heavy atom. The van der Waals surface area contributed by atoms with Gasteiger partial charge in [-0.15, -0.1) is 0 Å². The van der Waals surface area contributed by atoms with E-state index in [-0.39, 0.29) is 18.8 Å². The van der Waals surface area contributed by atoms with Crippen LogP contribution in [0.25, 0.3) is 27.8 Å². The summed E-state index contributed by atoms with van der Waals surface area (Å²) < 4.78 is 1.71. The molecular formula is C23H26N8O2. The van der Waals surface area contributed by atoms with Gasteiger partial charge >= 0.3 is 0 Å². The van der Waals surface area contributed by atoms with Crippen LogP contribution in [0.5, 0.6) is 0 Å². The van der Waals surface area contributed by atoms with E-state index < -0.39 is 0 Å². The van der Waals surface area contributed by atoms with Crippen molar-refractivity contribution in [2.24, 2.45) is 0 Å². The number of nitrogens with one attached hydrogen (secondary N) is 1. The molecule has 4 heterocycles. The normalized spacial score (nSPS) is 18.2. The van der Waals surface area contributed by atoms with E-state index in [0.29, 0.717) is 41.2 Å². The molecular weight excluding hydrogens is 420 g/mol. The molecule has 5 rings (SSSR count). The van der Waals surface area contributed by atoms with E-state index in [2.05, 4.69) is 20.4 Å². The van der Waals surface area contributed by atoms with Gasteiger partial charge in [-0.2, -0.15) is 5.10 Å². The summed E-state index contributed by atoms with van der Waals surface area (Å²) in [6, 6.07) is 3.76. The monoisotopic (exact) mass is 446 g/mol. The van der Waals surface area contributed by atoms with Crippen LogP contribution in [0.1, 0.15) is 37.6 Å². The van der Waals surface area contributed by atoms with Crippen molar-refractivity contribution in [3.05, 3.63) is 48.3 Å². The van der Waals surface area contributed by atoms with Crippen LogP contribution >= 0.6 is 0 Å². The van der Waals surface area contributed by atoms with Crippen molar-refractivity contribution in [3.63, 3.8) is 0 Å². The average Bonchev–Trinajstić information content (AvgIpc) is 3.48. The Balaban J connectivity index is 1.57. The molecule has 10 nitrogen and oxygen atoms in total. The Morgan fingerprint density at radius 2 is 2.06 bits per heavy atom. The number of nitrogen functional groups attached to an aromatic ring is 1. The third-order valence-electron chi connectivity index (χ3n) is 6.00. The topological polar surface area (TPSA) is 148 Å². The number of nitrogens with zero attached hydrogens (tertiary/aromatic N) is 6. The zero-order valence-electron chi connectivity index (χ0n) is 18.3. The summed E-state index contributed by atoms with van der Waals surface area (Å²) in [4.78, 5) is 18.2. The molecule has 0 radical (unpaired) electrons. The van der Waals surface area contributed by atoms with E-state index >= 15 is 0 Å². The van der Waals surface area contributed by atoms with E-state index in [1.54, 1.807) is 29.3 Å². The lowest BCUT2D eigenvalue weighted by atomic mass is 10.1. The standard InChI is InChI=1S/C23H26N8O2/c1-2-19-23(28-14-3-4-17(33)8-14)30-20-18(10-26-22(24)21(20)29-19)13-9-27-31(11-13)16-5-6-25-15(7-16)12-32/h5-7,9-11,14,17,32-33H,2-4,8,12H2,1H3,(H2,24,26)(H,28,30)/t14-,17+/m1/s1. The van der Waals surface area contributed by atoms with Crippen LogP contribution in [-0.4, -0.2) is 52.1 Å². The van der Waals surface area contributed by atoms with E-state index in [9.17, 15) is 10.2 Å². The fourth-order valence-electron chi connectivity index (χ4n) is 4.25. The van der Waals surface area contributed by atoms with Crippen LogP contribution in [0.4, 0.5) is 11.6 Å². The highest BCUT2D eigenvalue weighted by molar-refractivity contribution is 5.96. The number of pyridine rings is 2. The summed E-state index contributed by atoms with van der Waals surface area (Å²) in [5.74, 6) is 1.04. The third-order valence-corrected chi connectivity index (χ3v) is 6.00. The van der Waals surface area contributed by atoms with Crippen LogP contribution in [0, 0.1) is 0 Å². The number of nitrogens with two attached hydrogens (primary N) is 1. The first kappa shape index (κ1) is 21.2. The highest BCUT2D eigenvalue weighted by atomic mass is 16.3. The van der Waals surface area contributed by atoms with E-state index in [4.69, 9.17) is 15.7 Å². The number of aromatic nitrogens is 6. The molecule has 4 aromatic rings. The molecule has 0 aromatic carbocycles. The van der Waals surface area contributed by atoms with Crippen LogP contribution < -0.4 is 11.1 Å². The molecule has 0 spiro atoms. The van der Waals surface area contributed by atoms with E-state index in [1.165, 1.54) is 0 Å². The molecule has 33 heavy (non-hydrogen) atoms. The minimum Gasteiger partial charge on any atom is -0.393 e. The van der Waals surface area contributed by atoms with Crippen molar-refractivity contribution in [3.8, 4) is 16.8 Å². The number of aryl methyl sites for hydroxylation is 1. The number of hydrogen-bond donors (Lipinski definition) is 4. The van der Waals surface area contributed by atoms with Gasteiger partial charge in [-0.25, -0.2) is 19.6 Å². The van der Waals surface area contributed by atoms with Gasteiger partial charge in [0.05, 0.1) is 36.0 Å². The number of aliphatic hydroxyl groups excluding tert-OH is 2. The molecule has 0 aliphatic heterocycles. The average molecular weight is 447 g/mol. The highest BCUT2D eigenvalue weighted by Crippen LogP contribution is 2.32. The number of hydrogen-bond acceptors (Lipinski definition) is 9. The molecule has 4 aromatic heterocycles. The largest absolute Gasteiger partial charge is 0.393 e. The Bertz CT molecular complexity index is 1310. The van der Waals surface area contributed by atoms with Gasteiger partial charge in [0.1, 0.15) is 16.9 Å². The molecule has 1 aliphatic carbocycles. The van der Waals surface area contributed by atoms with Crippen molar-refractivity contribution in [2.75, 3.05) is 11.1 Å². The molecule has 1 fully saturated rings. The van der Waals surface area contributed by atoms with Gasteiger partial charge in [-0.1, -0.05) is 6.92 Å². The van der Waals surface area contributed by atoms with E-state index in [0.717, 1.165) is 35.3 Å². The van der Waals surface area contributed by atoms with E-state index in [1.807, 2.05) is 19.2 Å². The van der Waals surface area contributed by atoms with Gasteiger partial charge in [-0.05, 0) is 37.8 Å². The van der Waals surface area contributed by atoms with Gasteiger partial charge < -0.3 is 21.3 Å². The number of rotatable bonds is 6. The number of anilines is 2. The van der Waals surface area contributed by atoms with Gasteiger partial charge in [0.2, 0.25) is 0 Å². The predicted molar refractivity (Wildman–Crippen MR) is 125 cm³/mol. The van der Waals surface area contributed by atoms with Crippen molar-refractivity contribution in [1.82, 2.24) is 29.7 Å². The van der Waals surface area contributed by atoms with Crippen LogP contribution in [0.2, 0.25) is 0 Å². The molecule has 0 amide bonds. The van der Waals surface area contributed by atoms with Crippen molar-refractivity contribution >= 4 is 22.7 Å². The van der Waals surface area contributed by atoms with Gasteiger partial charge in [0, 0.05) is 35.8 Å². The Labute approximate surface area is 190 Å². The summed E-state index contributed by atoms with van der Waals surface area (Å²) in [6.45, 7) is 1.88. The maximum atomic E-state index is 9.91. The fraction of sp³-hybridized carbons (Fsp3) is 0.348. The Hall–Kier alpha value is -3.63. The zero-order valence-corrected chi connectivity index (χ0v) is 18.3. The smallest absolute Gasteiger partial charge is 0.151 e. The third kappa shape index (κ3) is 4.10. The van der Waals surface area contributed by atoms with Crippen LogP contribution in [0.15, 0.2) is 36.9 Å². The Morgan fingerprint density at radius 3 is 2.82 bits per heavy atom. The molecule has 2 atom stereocenters. The molecule has 170 valence electrons. The molecule has 0 unspecified atom stereocenters. The van der Waals surface area contributed by atoms with Crippen LogP contribution in [-0.2, 0) is 13.0 Å². The maximum Gasteiger partial charge on any atom is 0.151 e. The molecule has 1 aliphatic rings. The molecule has 1 saturated carbocycles. The second kappa shape index (κ2) is 8.72. The summed E-state index contributed by atoms with van der Waals surface area (Å²) in [5.41, 5.74) is 11.1. The van der Waals surface area contributed by atoms with Crippen molar-refractivity contribution in [2.45, 2.75) is 51.4 Å². The lowest BCUT2D eigenvalue weighted by Gasteiger charge is -2.17. The Kier molecular flexibility index (Phi) is 5.61. The SMILES string of the molecule is CCc1nc2c(N)ncc(-c3cnn(-c4ccnc(CO)c4)c3)c2nc1N[C@@H]1CC[C@H](O)C1. The van der Waals surface area contributed by atoms with Gasteiger partial charge in [-0.3, -0.25) is 4.98 Å². The zero-order chi connectivity index (χ0) is 22.9. The number of aliphatic hydroxyl groups is 2. The second-order valence-electron chi connectivity index (χ2n) is 8.27. The first-order valence-corrected chi connectivity index (χ1v) is 11.1. The lowest BCUT2D eigenvalue weighted by Crippen LogP contribution is -2.19. The molecule has 0 bridgehead atoms. The minimum absolute atomic E-state index is 0.141. The second-order valence-corrected chi connectivity index (χ2v) is 8.27. The van der Waals surface area contributed by atoms with Crippen molar-refractivity contribution in [1.29, 1.82) is 0 Å². The first-order chi connectivity index (χ1) is 16.1. The quantitative estimate of drug-likeness (QED) is 0.350. The lowest BCUT2D eigenvalue weighted by molar-refractivity contribution is 0.182. The predicted octanol–water partition coefficient (Wildman–Crippen LogP) is 2.23. The van der Waals surface area contributed by atoms with Crippen molar-refractivity contribution < 1.29 is 10.2 Å². The molecule has 10 heteroatoms. The number of fused-ring (bicyclic) bond motifs is 1. The van der Waals surface area contributed by atoms with Crippen LogP contribution in [0.3, 0.4) is 0 Å². The summed E-state index contributed by atoms with van der Waals surface area (Å²) >= 11 is 0. The first-order valence-electron chi connectivity index (χ1n) is 11.1.